The monoisotopic (exact) mass is 283 g/mol. The minimum Gasteiger partial charge on any atom is -0.481 e. The first-order valence-corrected chi connectivity index (χ1v) is 6.61. The van der Waals surface area contributed by atoms with Crippen molar-refractivity contribution in [3.05, 3.63) is 12.2 Å². The predicted molar refractivity (Wildman–Crippen MR) is 72.2 cm³/mol. The van der Waals surface area contributed by atoms with Gasteiger partial charge in [0.25, 0.3) is 0 Å². The Bertz CT molecular complexity index is 419. The van der Waals surface area contributed by atoms with E-state index in [1.165, 1.54) is 11.2 Å². The number of nitrogens with zero attached hydrogens (tertiary/aromatic N) is 3. The standard InChI is InChI=1S/C12H21N5O3/c1-9(2)17(7-5-11(18)19)12(20)13-6-3-4-10-14-8-15-16-10/h8-9H,3-7H2,1-2H3,(H,13,20)(H,18,19)(H,14,15,16). The third-order valence-electron chi connectivity index (χ3n) is 2.78. The molecule has 1 rings (SSSR count). The van der Waals surface area contributed by atoms with Crippen molar-refractivity contribution in [3.63, 3.8) is 0 Å². The summed E-state index contributed by atoms with van der Waals surface area (Å²) in [5.41, 5.74) is 0. The number of aryl methyl sites for hydroxylation is 1. The number of rotatable bonds is 8. The van der Waals surface area contributed by atoms with Crippen LogP contribution >= 0.6 is 0 Å². The van der Waals surface area contributed by atoms with Crippen LogP contribution in [0, 0.1) is 0 Å². The van der Waals surface area contributed by atoms with Gasteiger partial charge in [-0.15, -0.1) is 0 Å². The number of hydrogen-bond acceptors (Lipinski definition) is 4. The predicted octanol–water partition coefficient (Wildman–Crippen LogP) is 0.632. The van der Waals surface area contributed by atoms with Crippen LogP contribution < -0.4 is 5.32 Å². The van der Waals surface area contributed by atoms with Crippen molar-refractivity contribution in [3.8, 4) is 0 Å². The molecular weight excluding hydrogens is 262 g/mol. The summed E-state index contributed by atoms with van der Waals surface area (Å²) in [4.78, 5) is 28.0. The first-order valence-electron chi connectivity index (χ1n) is 6.61. The van der Waals surface area contributed by atoms with Crippen LogP contribution in [0.25, 0.3) is 0 Å². The van der Waals surface area contributed by atoms with E-state index in [4.69, 9.17) is 5.11 Å². The molecule has 8 heteroatoms. The summed E-state index contributed by atoms with van der Waals surface area (Å²) in [7, 11) is 0. The fraction of sp³-hybridized carbons (Fsp3) is 0.667. The number of hydrogen-bond donors (Lipinski definition) is 3. The Kier molecular flexibility index (Phi) is 6.48. The number of urea groups is 1. The molecule has 0 atom stereocenters. The fourth-order valence-corrected chi connectivity index (χ4v) is 1.71. The molecule has 3 N–H and O–H groups in total. The molecule has 0 aliphatic carbocycles. The Labute approximate surface area is 117 Å². The van der Waals surface area contributed by atoms with Crippen molar-refractivity contribution in [2.45, 2.75) is 39.2 Å². The zero-order valence-electron chi connectivity index (χ0n) is 11.8. The SMILES string of the molecule is CC(C)N(CCC(=O)O)C(=O)NCCCc1ncn[nH]1. The first-order chi connectivity index (χ1) is 9.50. The van der Waals surface area contributed by atoms with Gasteiger partial charge in [0.15, 0.2) is 0 Å². The quantitative estimate of drug-likeness (QED) is 0.606. The Hall–Kier alpha value is -2.12. The van der Waals surface area contributed by atoms with E-state index in [2.05, 4.69) is 20.5 Å². The molecule has 2 amide bonds. The Morgan fingerprint density at radius 2 is 2.25 bits per heavy atom. The lowest BCUT2D eigenvalue weighted by Gasteiger charge is -2.26. The average Bonchev–Trinajstić information content (AvgIpc) is 2.87. The summed E-state index contributed by atoms with van der Waals surface area (Å²) in [5.74, 6) is -0.125. The zero-order valence-corrected chi connectivity index (χ0v) is 11.8. The highest BCUT2D eigenvalue weighted by atomic mass is 16.4. The number of carboxylic acid groups (broad SMARTS) is 1. The number of carboxylic acids is 1. The molecule has 112 valence electrons. The summed E-state index contributed by atoms with van der Waals surface area (Å²) >= 11 is 0. The maximum absolute atomic E-state index is 11.9. The second kappa shape index (κ2) is 8.13. The van der Waals surface area contributed by atoms with E-state index in [0.29, 0.717) is 13.0 Å². The maximum Gasteiger partial charge on any atom is 0.317 e. The van der Waals surface area contributed by atoms with E-state index < -0.39 is 5.97 Å². The number of aliphatic carboxylic acids is 1. The van der Waals surface area contributed by atoms with Crippen LogP contribution in [0.5, 0.6) is 0 Å². The third-order valence-corrected chi connectivity index (χ3v) is 2.78. The highest BCUT2D eigenvalue weighted by Gasteiger charge is 2.17. The van der Waals surface area contributed by atoms with E-state index in [-0.39, 0.29) is 25.0 Å². The van der Waals surface area contributed by atoms with E-state index in [9.17, 15) is 9.59 Å². The highest BCUT2D eigenvalue weighted by molar-refractivity contribution is 5.75. The smallest absolute Gasteiger partial charge is 0.317 e. The second-order valence-electron chi connectivity index (χ2n) is 4.70. The van der Waals surface area contributed by atoms with Gasteiger partial charge in [-0.25, -0.2) is 9.78 Å². The first kappa shape index (κ1) is 15.9. The average molecular weight is 283 g/mol. The Morgan fingerprint density at radius 3 is 2.80 bits per heavy atom. The molecule has 0 bridgehead atoms. The molecule has 0 aromatic carbocycles. The van der Waals surface area contributed by atoms with E-state index >= 15 is 0 Å². The van der Waals surface area contributed by atoms with Crippen molar-refractivity contribution < 1.29 is 14.7 Å². The van der Waals surface area contributed by atoms with Gasteiger partial charge in [-0.05, 0) is 20.3 Å². The molecule has 0 spiro atoms. The Morgan fingerprint density at radius 1 is 1.50 bits per heavy atom. The molecule has 0 aliphatic rings. The summed E-state index contributed by atoms with van der Waals surface area (Å²) in [6.45, 7) is 4.43. The van der Waals surface area contributed by atoms with E-state index in [1.807, 2.05) is 13.8 Å². The van der Waals surface area contributed by atoms with Gasteiger partial charge in [-0.1, -0.05) is 0 Å². The summed E-state index contributed by atoms with van der Waals surface area (Å²) in [5, 5.41) is 17.9. The van der Waals surface area contributed by atoms with Crippen LogP contribution in [0.4, 0.5) is 4.79 Å². The highest BCUT2D eigenvalue weighted by Crippen LogP contribution is 2.01. The molecule has 0 aliphatic heterocycles. The van der Waals surface area contributed by atoms with Gasteiger partial charge in [-0.3, -0.25) is 9.89 Å². The van der Waals surface area contributed by atoms with Crippen molar-refractivity contribution in [2.24, 2.45) is 0 Å². The van der Waals surface area contributed by atoms with Gasteiger partial charge < -0.3 is 15.3 Å². The molecule has 1 heterocycles. The number of carbonyl (C=O) groups excluding carboxylic acids is 1. The van der Waals surface area contributed by atoms with Crippen molar-refractivity contribution in [2.75, 3.05) is 13.1 Å². The number of aromatic nitrogens is 3. The molecule has 8 nitrogen and oxygen atoms in total. The van der Waals surface area contributed by atoms with Crippen LogP contribution in [0.15, 0.2) is 6.33 Å². The molecule has 0 saturated heterocycles. The molecular formula is C12H21N5O3. The number of carbonyl (C=O) groups is 2. The molecule has 20 heavy (non-hydrogen) atoms. The molecule has 1 aromatic rings. The van der Waals surface area contributed by atoms with Gasteiger partial charge in [0.1, 0.15) is 12.2 Å². The van der Waals surface area contributed by atoms with Gasteiger partial charge in [0.2, 0.25) is 0 Å². The van der Waals surface area contributed by atoms with Crippen LogP contribution in [-0.2, 0) is 11.2 Å². The molecule has 0 unspecified atom stereocenters. The van der Waals surface area contributed by atoms with Crippen LogP contribution in [0.2, 0.25) is 0 Å². The zero-order chi connectivity index (χ0) is 15.0. The van der Waals surface area contributed by atoms with Crippen LogP contribution in [-0.4, -0.2) is 56.3 Å². The molecule has 0 saturated carbocycles. The molecule has 0 fully saturated rings. The lowest BCUT2D eigenvalue weighted by atomic mass is 10.3. The maximum atomic E-state index is 11.9. The number of aromatic amines is 1. The van der Waals surface area contributed by atoms with E-state index in [1.54, 1.807) is 0 Å². The van der Waals surface area contributed by atoms with Crippen LogP contribution in [0.1, 0.15) is 32.5 Å². The lowest BCUT2D eigenvalue weighted by Crippen LogP contribution is -2.45. The second-order valence-corrected chi connectivity index (χ2v) is 4.70. The van der Waals surface area contributed by atoms with Crippen molar-refractivity contribution in [1.82, 2.24) is 25.4 Å². The molecule has 1 aromatic heterocycles. The number of nitrogens with one attached hydrogen (secondary N) is 2. The van der Waals surface area contributed by atoms with Gasteiger partial charge in [0.05, 0.1) is 6.42 Å². The van der Waals surface area contributed by atoms with Crippen molar-refractivity contribution >= 4 is 12.0 Å². The summed E-state index contributed by atoms with van der Waals surface area (Å²) in [6.07, 6.45) is 2.84. The summed E-state index contributed by atoms with van der Waals surface area (Å²) < 4.78 is 0. The van der Waals surface area contributed by atoms with Crippen LogP contribution in [0.3, 0.4) is 0 Å². The van der Waals surface area contributed by atoms with E-state index in [0.717, 1.165) is 12.2 Å². The number of amides is 2. The lowest BCUT2D eigenvalue weighted by molar-refractivity contribution is -0.137. The van der Waals surface area contributed by atoms with Gasteiger partial charge in [0, 0.05) is 25.6 Å². The minimum absolute atomic E-state index is 0.0383. The molecule has 0 radical (unpaired) electrons. The summed E-state index contributed by atoms with van der Waals surface area (Å²) in [6, 6.07) is -0.276. The Balaban J connectivity index is 2.28. The van der Waals surface area contributed by atoms with Gasteiger partial charge >= 0.3 is 12.0 Å². The topological polar surface area (TPSA) is 111 Å². The minimum atomic E-state index is -0.909. The number of H-pyrrole nitrogens is 1. The van der Waals surface area contributed by atoms with Crippen molar-refractivity contribution in [1.29, 1.82) is 0 Å². The fourth-order valence-electron chi connectivity index (χ4n) is 1.71. The third kappa shape index (κ3) is 5.68. The van der Waals surface area contributed by atoms with Gasteiger partial charge in [-0.2, -0.15) is 5.10 Å². The normalized spacial score (nSPS) is 10.6. The largest absolute Gasteiger partial charge is 0.481 e.